The molecule has 1 unspecified atom stereocenters. The fourth-order valence-corrected chi connectivity index (χ4v) is 2.09. The van der Waals surface area contributed by atoms with Crippen molar-refractivity contribution in [1.29, 1.82) is 0 Å². The van der Waals surface area contributed by atoms with Crippen molar-refractivity contribution in [3.63, 3.8) is 0 Å². The Kier molecular flexibility index (Phi) is 6.46. The second-order valence-corrected chi connectivity index (χ2v) is 8.21. The van der Waals surface area contributed by atoms with E-state index in [0.29, 0.717) is 6.08 Å². The van der Waals surface area contributed by atoms with Gasteiger partial charge in [-0.15, -0.1) is 0 Å². The van der Waals surface area contributed by atoms with Crippen LogP contribution in [0.15, 0.2) is 11.8 Å². The van der Waals surface area contributed by atoms with Crippen molar-refractivity contribution in [3.05, 3.63) is 11.8 Å². The molecule has 0 spiro atoms. The Labute approximate surface area is 151 Å². The number of hydrogen-bond acceptors (Lipinski definition) is 4. The predicted molar refractivity (Wildman–Crippen MR) is 89.1 cm³/mol. The van der Waals surface area contributed by atoms with Gasteiger partial charge in [0.1, 0.15) is 11.3 Å². The zero-order valence-corrected chi connectivity index (χ0v) is 16.1. The van der Waals surface area contributed by atoms with Gasteiger partial charge in [-0.25, -0.2) is 9.18 Å². The average molecular weight is 383 g/mol. The van der Waals surface area contributed by atoms with E-state index in [0.717, 1.165) is 0 Å². The van der Waals surface area contributed by atoms with Crippen molar-refractivity contribution in [1.82, 2.24) is 5.32 Å². The van der Waals surface area contributed by atoms with E-state index >= 15 is 0 Å². The van der Waals surface area contributed by atoms with Crippen molar-refractivity contribution in [3.8, 4) is 0 Å². The third-order valence-corrected chi connectivity index (χ3v) is 3.99. The highest BCUT2D eigenvalue weighted by Crippen LogP contribution is 2.39. The molecule has 1 heterocycles. The van der Waals surface area contributed by atoms with Gasteiger partial charge in [-0.2, -0.15) is 13.2 Å². The van der Waals surface area contributed by atoms with Crippen molar-refractivity contribution >= 4 is 13.2 Å². The van der Waals surface area contributed by atoms with Gasteiger partial charge in [0.2, 0.25) is 0 Å². The van der Waals surface area contributed by atoms with Gasteiger partial charge in [0.05, 0.1) is 23.7 Å². The molecular weight excluding hydrogens is 357 g/mol. The second-order valence-electron chi connectivity index (χ2n) is 8.21. The molecule has 1 aliphatic heterocycles. The van der Waals surface area contributed by atoms with Crippen LogP contribution in [-0.4, -0.2) is 42.2 Å². The maximum absolute atomic E-state index is 14.5. The molecule has 0 saturated carbocycles. The first-order chi connectivity index (χ1) is 11.4. The van der Waals surface area contributed by atoms with Gasteiger partial charge in [-0.3, -0.25) is 0 Å². The van der Waals surface area contributed by atoms with E-state index in [-0.39, 0.29) is 0 Å². The van der Waals surface area contributed by atoms with Crippen molar-refractivity contribution in [2.24, 2.45) is 0 Å². The highest BCUT2D eigenvalue weighted by molar-refractivity contribution is 6.53. The number of alkyl carbamates (subject to hydrolysis) is 1. The Hall–Kier alpha value is -1.29. The van der Waals surface area contributed by atoms with E-state index in [1.807, 2.05) is 5.32 Å². The first kappa shape index (κ1) is 22.8. The molecule has 10 heteroatoms. The number of rotatable bonds is 4. The molecular formula is C16H26BF4NO4. The van der Waals surface area contributed by atoms with Crippen molar-refractivity contribution < 1.29 is 36.4 Å². The zero-order valence-electron chi connectivity index (χ0n) is 16.1. The van der Waals surface area contributed by atoms with Crippen molar-refractivity contribution in [2.75, 3.05) is 0 Å². The molecule has 0 aliphatic carbocycles. The number of halogens is 4. The molecule has 0 aromatic carbocycles. The average Bonchev–Trinajstić information content (AvgIpc) is 2.53. The smallest absolute Gasteiger partial charge is 0.444 e. The van der Waals surface area contributed by atoms with Crippen molar-refractivity contribution in [2.45, 2.75) is 83.9 Å². The van der Waals surface area contributed by atoms with Crippen LogP contribution in [0.2, 0.25) is 0 Å². The standard InChI is InChI=1S/C16H26BF4NO4/c1-13(2,3)24-12(23)22-10(9-16(19,20)21)8-11(18)17-25-14(4,5)15(6,7)26-17/h8,10H,9H2,1-7H3,(H,22,23). The lowest BCUT2D eigenvalue weighted by Crippen LogP contribution is -2.41. The molecule has 1 amide bonds. The molecule has 1 saturated heterocycles. The third kappa shape index (κ3) is 6.79. The Morgan fingerprint density at radius 3 is 2.00 bits per heavy atom. The molecule has 1 fully saturated rings. The number of ether oxygens (including phenoxy) is 1. The monoisotopic (exact) mass is 383 g/mol. The van der Waals surface area contributed by atoms with Crippen LogP contribution in [-0.2, 0) is 14.0 Å². The molecule has 0 aromatic heterocycles. The Morgan fingerprint density at radius 1 is 1.15 bits per heavy atom. The van der Waals surface area contributed by atoms with E-state index in [9.17, 15) is 22.4 Å². The van der Waals surface area contributed by atoms with Gasteiger partial charge < -0.3 is 19.4 Å². The Morgan fingerprint density at radius 2 is 1.62 bits per heavy atom. The summed E-state index contributed by atoms with van der Waals surface area (Å²) < 4.78 is 68.6. The van der Waals surface area contributed by atoms with E-state index in [4.69, 9.17) is 14.0 Å². The molecule has 1 atom stereocenters. The van der Waals surface area contributed by atoms with Gasteiger partial charge in [-0.1, -0.05) is 0 Å². The Bertz CT molecular complexity index is 539. The fourth-order valence-electron chi connectivity index (χ4n) is 2.09. The summed E-state index contributed by atoms with van der Waals surface area (Å²) >= 11 is 0. The number of carbonyl (C=O) groups excluding carboxylic acids is 1. The molecule has 1 N–H and O–H groups in total. The molecule has 0 aromatic rings. The fraction of sp³-hybridized carbons (Fsp3) is 0.812. The summed E-state index contributed by atoms with van der Waals surface area (Å²) in [5, 5.41) is 2.02. The lowest BCUT2D eigenvalue weighted by atomic mass is 9.86. The minimum absolute atomic E-state index is 0.638. The highest BCUT2D eigenvalue weighted by Gasteiger charge is 2.53. The number of alkyl halides is 3. The van der Waals surface area contributed by atoms with Crippen LogP contribution in [0.5, 0.6) is 0 Å². The molecule has 0 bridgehead atoms. The minimum Gasteiger partial charge on any atom is -0.444 e. The third-order valence-electron chi connectivity index (χ3n) is 3.99. The summed E-state index contributed by atoms with van der Waals surface area (Å²) in [5.74, 6) is 0. The van der Waals surface area contributed by atoms with Crippen LogP contribution in [0.4, 0.5) is 22.4 Å². The Balaban J connectivity index is 2.94. The summed E-state index contributed by atoms with van der Waals surface area (Å²) in [6.45, 7) is 11.4. The van der Waals surface area contributed by atoms with Crippen LogP contribution in [0.3, 0.4) is 0 Å². The van der Waals surface area contributed by atoms with Gasteiger partial charge in [-0.05, 0) is 54.5 Å². The lowest BCUT2D eigenvalue weighted by Gasteiger charge is -2.32. The summed E-state index contributed by atoms with van der Waals surface area (Å²) in [7, 11) is -1.45. The molecule has 1 rings (SSSR count). The van der Waals surface area contributed by atoms with E-state index in [2.05, 4.69) is 0 Å². The maximum atomic E-state index is 14.5. The molecule has 5 nitrogen and oxygen atoms in total. The van der Waals surface area contributed by atoms with Gasteiger partial charge in [0.25, 0.3) is 0 Å². The number of nitrogens with one attached hydrogen (secondary N) is 1. The van der Waals surface area contributed by atoms with Crippen LogP contribution >= 0.6 is 0 Å². The number of hydrogen-bond donors (Lipinski definition) is 1. The summed E-state index contributed by atoms with van der Waals surface area (Å²) in [4.78, 5) is 11.7. The second kappa shape index (κ2) is 7.38. The van der Waals surface area contributed by atoms with Crippen LogP contribution < -0.4 is 5.32 Å². The quantitative estimate of drug-likeness (QED) is 0.581. The minimum atomic E-state index is -4.62. The van der Waals surface area contributed by atoms with E-state index in [1.54, 1.807) is 48.5 Å². The highest BCUT2D eigenvalue weighted by atomic mass is 19.4. The van der Waals surface area contributed by atoms with Crippen LogP contribution in [0.1, 0.15) is 54.9 Å². The van der Waals surface area contributed by atoms with Gasteiger partial charge >= 0.3 is 19.4 Å². The first-order valence-corrected chi connectivity index (χ1v) is 8.21. The molecule has 26 heavy (non-hydrogen) atoms. The number of carbonyl (C=O) groups is 1. The van der Waals surface area contributed by atoms with E-state index < -0.39 is 54.4 Å². The summed E-state index contributed by atoms with van der Waals surface area (Å²) in [6.07, 6.45) is -6.52. The normalized spacial score (nSPS) is 21.5. The van der Waals surface area contributed by atoms with Crippen LogP contribution in [0, 0.1) is 0 Å². The van der Waals surface area contributed by atoms with Crippen LogP contribution in [0.25, 0.3) is 0 Å². The lowest BCUT2D eigenvalue weighted by molar-refractivity contribution is -0.137. The molecule has 0 radical (unpaired) electrons. The largest absolute Gasteiger partial charge is 0.524 e. The SMILES string of the molecule is CC(C)(C)OC(=O)NC(C=C(F)B1OC(C)(C)C(C)(C)O1)CC(F)(F)F. The van der Waals surface area contributed by atoms with Gasteiger partial charge in [0.15, 0.2) is 0 Å². The molecule has 1 aliphatic rings. The van der Waals surface area contributed by atoms with E-state index in [1.165, 1.54) is 0 Å². The van der Waals surface area contributed by atoms with Gasteiger partial charge in [0, 0.05) is 0 Å². The number of amides is 1. The summed E-state index contributed by atoms with van der Waals surface area (Å²) in [5.41, 5.74) is -3.64. The first-order valence-electron chi connectivity index (χ1n) is 8.21. The topological polar surface area (TPSA) is 56.8 Å². The molecule has 150 valence electrons. The summed E-state index contributed by atoms with van der Waals surface area (Å²) in [6, 6.07) is -1.66. The zero-order chi connectivity index (χ0) is 20.6. The maximum Gasteiger partial charge on any atom is 0.524 e. The predicted octanol–water partition coefficient (Wildman–Crippen LogP) is 4.32.